The number of rotatable bonds is 5. The zero-order chi connectivity index (χ0) is 12.1. The fourth-order valence-corrected chi connectivity index (χ4v) is 1.48. The van der Waals surface area contributed by atoms with Crippen molar-refractivity contribution in [1.29, 1.82) is 0 Å². The summed E-state index contributed by atoms with van der Waals surface area (Å²) in [6.45, 7) is 7.65. The van der Waals surface area contributed by atoms with Crippen LogP contribution in [0.15, 0.2) is 6.33 Å². The molecule has 0 spiro atoms. The highest BCUT2D eigenvalue weighted by atomic mass is 19.1. The van der Waals surface area contributed by atoms with Gasteiger partial charge in [-0.25, -0.2) is 14.4 Å². The summed E-state index contributed by atoms with van der Waals surface area (Å²) < 4.78 is 13.8. The van der Waals surface area contributed by atoms with Gasteiger partial charge in [0.2, 0.25) is 0 Å². The van der Waals surface area contributed by atoms with Gasteiger partial charge in [0.05, 0.1) is 5.69 Å². The summed E-state index contributed by atoms with van der Waals surface area (Å²) in [7, 11) is 0. The van der Waals surface area contributed by atoms with Gasteiger partial charge in [0, 0.05) is 13.1 Å². The molecule has 0 aliphatic rings. The van der Waals surface area contributed by atoms with E-state index in [0.29, 0.717) is 37.1 Å². The van der Waals surface area contributed by atoms with Gasteiger partial charge in [-0.2, -0.15) is 0 Å². The molecule has 0 fully saturated rings. The molecule has 90 valence electrons. The maximum atomic E-state index is 13.8. The minimum atomic E-state index is -0.339. The highest BCUT2D eigenvalue weighted by Crippen LogP contribution is 2.18. The van der Waals surface area contributed by atoms with Crippen LogP contribution in [-0.4, -0.2) is 29.6 Å². The highest BCUT2D eigenvalue weighted by Gasteiger charge is 2.15. The van der Waals surface area contributed by atoms with Crippen LogP contribution in [-0.2, 0) is 0 Å². The maximum Gasteiger partial charge on any atom is 0.186 e. The average molecular weight is 226 g/mol. The lowest BCUT2D eigenvalue weighted by Gasteiger charge is -2.25. The van der Waals surface area contributed by atoms with Crippen LogP contribution in [0, 0.1) is 18.7 Å². The average Bonchev–Trinajstić information content (AvgIpc) is 2.29. The molecule has 1 aromatic rings. The van der Waals surface area contributed by atoms with E-state index in [9.17, 15) is 4.39 Å². The number of hydrogen-bond donors (Lipinski definition) is 1. The topological polar surface area (TPSA) is 55.0 Å². The number of aromatic nitrogens is 2. The van der Waals surface area contributed by atoms with Crippen LogP contribution in [0.5, 0.6) is 0 Å². The molecule has 0 aromatic carbocycles. The summed E-state index contributed by atoms with van der Waals surface area (Å²) in [5.41, 5.74) is 5.95. The lowest BCUT2D eigenvalue weighted by Crippen LogP contribution is -2.33. The first kappa shape index (κ1) is 12.8. The zero-order valence-corrected chi connectivity index (χ0v) is 10.1. The van der Waals surface area contributed by atoms with E-state index < -0.39 is 0 Å². The minimum Gasteiger partial charge on any atom is -0.354 e. The summed E-state index contributed by atoms with van der Waals surface area (Å²) in [6, 6.07) is 0. The Kier molecular flexibility index (Phi) is 4.61. The molecule has 4 nitrogen and oxygen atoms in total. The van der Waals surface area contributed by atoms with Crippen LogP contribution < -0.4 is 10.6 Å². The van der Waals surface area contributed by atoms with E-state index in [1.54, 1.807) is 6.92 Å². The van der Waals surface area contributed by atoms with Crippen molar-refractivity contribution in [3.05, 3.63) is 17.8 Å². The molecule has 5 heteroatoms. The second kappa shape index (κ2) is 5.75. The summed E-state index contributed by atoms with van der Waals surface area (Å²) in [5.74, 6) is 0.346. The fourth-order valence-electron chi connectivity index (χ4n) is 1.48. The largest absolute Gasteiger partial charge is 0.354 e. The van der Waals surface area contributed by atoms with Gasteiger partial charge in [-0.1, -0.05) is 6.92 Å². The molecule has 0 aliphatic heterocycles. The van der Waals surface area contributed by atoms with Gasteiger partial charge in [0.15, 0.2) is 11.6 Å². The normalized spacial score (nSPS) is 12.6. The molecule has 16 heavy (non-hydrogen) atoms. The van der Waals surface area contributed by atoms with Crippen LogP contribution >= 0.6 is 0 Å². The van der Waals surface area contributed by atoms with Crippen LogP contribution in [0.4, 0.5) is 10.2 Å². The predicted octanol–water partition coefficient (Wildman–Crippen LogP) is 1.35. The molecule has 0 saturated heterocycles. The van der Waals surface area contributed by atoms with E-state index >= 15 is 0 Å². The smallest absolute Gasteiger partial charge is 0.186 e. The molecule has 1 atom stereocenters. The Balaban J connectivity index is 2.90. The standard InChI is InChI=1S/C11H19FN4/c1-4-16(6-8(2)5-13)11-10(12)9(3)14-7-15-11/h7-8H,4-6,13H2,1-3H3. The van der Waals surface area contributed by atoms with Gasteiger partial charge in [-0.15, -0.1) is 0 Å². The Morgan fingerprint density at radius 3 is 2.75 bits per heavy atom. The van der Waals surface area contributed by atoms with Gasteiger partial charge in [0.1, 0.15) is 6.33 Å². The molecular formula is C11H19FN4. The molecule has 1 unspecified atom stereocenters. The summed E-state index contributed by atoms with van der Waals surface area (Å²) in [6.07, 6.45) is 1.39. The monoisotopic (exact) mass is 226 g/mol. The molecule has 0 saturated carbocycles. The van der Waals surface area contributed by atoms with Crippen molar-refractivity contribution < 1.29 is 4.39 Å². The Hall–Kier alpha value is -1.23. The van der Waals surface area contributed by atoms with Gasteiger partial charge < -0.3 is 10.6 Å². The molecule has 0 aliphatic carbocycles. The van der Waals surface area contributed by atoms with E-state index in [-0.39, 0.29) is 5.82 Å². The quantitative estimate of drug-likeness (QED) is 0.823. The number of hydrogen-bond acceptors (Lipinski definition) is 4. The van der Waals surface area contributed by atoms with E-state index in [0.717, 1.165) is 0 Å². The SMILES string of the molecule is CCN(CC(C)CN)c1ncnc(C)c1F. The third-order valence-corrected chi connectivity index (χ3v) is 2.56. The molecular weight excluding hydrogens is 207 g/mol. The van der Waals surface area contributed by atoms with Crippen LogP contribution in [0.1, 0.15) is 19.5 Å². The van der Waals surface area contributed by atoms with Crippen molar-refractivity contribution >= 4 is 5.82 Å². The number of anilines is 1. The second-order valence-corrected chi connectivity index (χ2v) is 3.98. The first-order valence-corrected chi connectivity index (χ1v) is 5.52. The Labute approximate surface area is 95.7 Å². The lowest BCUT2D eigenvalue weighted by atomic mass is 10.1. The Bertz CT molecular complexity index is 343. The number of halogens is 1. The van der Waals surface area contributed by atoms with Crippen molar-refractivity contribution in [1.82, 2.24) is 9.97 Å². The zero-order valence-electron chi connectivity index (χ0n) is 10.1. The van der Waals surface area contributed by atoms with Crippen molar-refractivity contribution in [3.8, 4) is 0 Å². The van der Waals surface area contributed by atoms with Crippen LogP contribution in [0.3, 0.4) is 0 Å². The lowest BCUT2D eigenvalue weighted by molar-refractivity contribution is 0.548. The number of aryl methyl sites for hydroxylation is 1. The first-order chi connectivity index (χ1) is 7.60. The fraction of sp³-hybridized carbons (Fsp3) is 0.636. The van der Waals surface area contributed by atoms with Crippen molar-refractivity contribution in [3.63, 3.8) is 0 Å². The van der Waals surface area contributed by atoms with Gasteiger partial charge >= 0.3 is 0 Å². The third kappa shape index (κ3) is 2.88. The third-order valence-electron chi connectivity index (χ3n) is 2.56. The van der Waals surface area contributed by atoms with E-state index in [4.69, 9.17) is 5.73 Å². The molecule has 0 bridgehead atoms. The molecule has 0 radical (unpaired) electrons. The van der Waals surface area contributed by atoms with E-state index in [2.05, 4.69) is 9.97 Å². The Morgan fingerprint density at radius 1 is 1.50 bits per heavy atom. The van der Waals surface area contributed by atoms with Crippen molar-refractivity contribution in [2.45, 2.75) is 20.8 Å². The predicted molar refractivity (Wildman–Crippen MR) is 62.8 cm³/mol. The minimum absolute atomic E-state index is 0.314. The van der Waals surface area contributed by atoms with Crippen molar-refractivity contribution in [2.24, 2.45) is 11.7 Å². The van der Waals surface area contributed by atoms with Crippen LogP contribution in [0.25, 0.3) is 0 Å². The van der Waals surface area contributed by atoms with Crippen molar-refractivity contribution in [2.75, 3.05) is 24.5 Å². The molecule has 0 amide bonds. The molecule has 1 heterocycles. The molecule has 2 N–H and O–H groups in total. The second-order valence-electron chi connectivity index (χ2n) is 3.98. The highest BCUT2D eigenvalue weighted by molar-refractivity contribution is 5.40. The van der Waals surface area contributed by atoms with Gasteiger partial charge in [-0.3, -0.25) is 0 Å². The molecule has 1 rings (SSSR count). The van der Waals surface area contributed by atoms with Crippen LogP contribution in [0.2, 0.25) is 0 Å². The number of nitrogens with zero attached hydrogens (tertiary/aromatic N) is 3. The maximum absolute atomic E-state index is 13.8. The van der Waals surface area contributed by atoms with E-state index in [1.807, 2.05) is 18.7 Å². The summed E-state index contributed by atoms with van der Waals surface area (Å²) in [4.78, 5) is 9.70. The van der Waals surface area contributed by atoms with Gasteiger partial charge in [0.25, 0.3) is 0 Å². The summed E-state index contributed by atoms with van der Waals surface area (Å²) >= 11 is 0. The Morgan fingerprint density at radius 2 is 2.19 bits per heavy atom. The number of nitrogens with two attached hydrogens (primary N) is 1. The first-order valence-electron chi connectivity index (χ1n) is 5.52. The summed E-state index contributed by atoms with van der Waals surface area (Å²) in [5, 5.41) is 0. The van der Waals surface area contributed by atoms with Gasteiger partial charge in [-0.05, 0) is 26.3 Å². The van der Waals surface area contributed by atoms with E-state index in [1.165, 1.54) is 6.33 Å². The molecule has 1 aromatic heterocycles.